The maximum absolute atomic E-state index is 12.8. The van der Waals surface area contributed by atoms with Gasteiger partial charge in [0.15, 0.2) is 5.82 Å². The van der Waals surface area contributed by atoms with E-state index in [1.807, 2.05) is 32.0 Å². The van der Waals surface area contributed by atoms with Crippen molar-refractivity contribution in [1.29, 1.82) is 0 Å². The second-order valence-electron chi connectivity index (χ2n) is 10.4. The summed E-state index contributed by atoms with van der Waals surface area (Å²) in [5, 5.41) is 21.6. The van der Waals surface area contributed by atoms with E-state index in [4.69, 9.17) is 9.63 Å². The molecule has 3 aromatic rings. The fourth-order valence-corrected chi connectivity index (χ4v) is 4.94. The van der Waals surface area contributed by atoms with Crippen LogP contribution in [0.4, 0.5) is 16.2 Å². The lowest BCUT2D eigenvalue weighted by molar-refractivity contribution is -0.136. The number of hydrogen-bond donors (Lipinski definition) is 4. The molecule has 4 N–H and O–H groups in total. The zero-order valence-electron chi connectivity index (χ0n) is 22.3. The predicted molar refractivity (Wildman–Crippen MR) is 146 cm³/mol. The molecule has 206 valence electrons. The number of nitrogens with zero attached hydrogens (tertiary/aromatic N) is 2. The van der Waals surface area contributed by atoms with E-state index in [-0.39, 0.29) is 42.4 Å². The predicted octanol–water partition coefficient (Wildman–Crippen LogP) is 5.44. The normalized spacial score (nSPS) is 14.2. The summed E-state index contributed by atoms with van der Waals surface area (Å²) in [4.78, 5) is 40.5. The summed E-state index contributed by atoms with van der Waals surface area (Å²) >= 11 is 0. The fraction of sp³-hybridized carbons (Fsp3) is 0.414. The molecule has 0 spiro atoms. The smallest absolute Gasteiger partial charge is 0.323 e. The van der Waals surface area contributed by atoms with Gasteiger partial charge in [0.1, 0.15) is 6.42 Å². The average Bonchev–Trinajstić information content (AvgIpc) is 3.57. The Morgan fingerprint density at radius 1 is 1.00 bits per heavy atom. The molecule has 2 aromatic carbocycles. The highest BCUT2D eigenvalue weighted by Gasteiger charge is 2.23. The Hall–Kier alpha value is -4.21. The molecule has 0 saturated heterocycles. The lowest BCUT2D eigenvalue weighted by atomic mass is 9.96. The molecule has 1 aliphatic rings. The number of hydrogen-bond acceptors (Lipinski definition) is 6. The second-order valence-corrected chi connectivity index (χ2v) is 10.4. The number of benzene rings is 2. The molecule has 1 aromatic heterocycles. The quantitative estimate of drug-likeness (QED) is 0.256. The Bertz CT molecular complexity index is 1280. The first kappa shape index (κ1) is 27.8. The van der Waals surface area contributed by atoms with Crippen LogP contribution in [0.2, 0.25) is 0 Å². The fourth-order valence-electron chi connectivity index (χ4n) is 4.94. The van der Waals surface area contributed by atoms with Gasteiger partial charge in [-0.3, -0.25) is 9.59 Å². The van der Waals surface area contributed by atoms with Crippen molar-refractivity contribution >= 4 is 29.3 Å². The molecule has 0 aliphatic heterocycles. The monoisotopic (exact) mass is 533 g/mol. The number of nitrogens with one attached hydrogen (secondary N) is 3. The number of aromatic nitrogens is 2. The topological polar surface area (TPSA) is 146 Å². The van der Waals surface area contributed by atoms with E-state index in [1.165, 1.54) is 18.4 Å². The number of carbonyl (C=O) groups excluding carboxylic acids is 2. The first-order chi connectivity index (χ1) is 18.8. The van der Waals surface area contributed by atoms with E-state index in [1.54, 1.807) is 24.3 Å². The number of carboxylic acids is 1. The summed E-state index contributed by atoms with van der Waals surface area (Å²) in [5.74, 6) is -0.327. The highest BCUT2D eigenvalue weighted by atomic mass is 16.5. The Morgan fingerprint density at radius 2 is 1.72 bits per heavy atom. The highest BCUT2D eigenvalue weighted by molar-refractivity contribution is 6.00. The summed E-state index contributed by atoms with van der Waals surface area (Å²) < 4.78 is 5.02. The van der Waals surface area contributed by atoms with Gasteiger partial charge in [0.25, 0.3) is 0 Å². The van der Waals surface area contributed by atoms with E-state index in [9.17, 15) is 14.4 Å². The van der Waals surface area contributed by atoms with E-state index >= 15 is 0 Å². The van der Waals surface area contributed by atoms with Gasteiger partial charge in [-0.1, -0.05) is 62.2 Å². The van der Waals surface area contributed by atoms with Crippen LogP contribution < -0.4 is 16.0 Å². The van der Waals surface area contributed by atoms with Crippen LogP contribution in [-0.2, 0) is 22.4 Å². The van der Waals surface area contributed by atoms with Crippen LogP contribution in [0.15, 0.2) is 53.1 Å². The standard InChI is InChI=1S/C29H35N5O5/c1-18(2)15-24(28-33-26(39-34-28)17-27(36)37)31-25(35)16-19-11-13-21(14-12-19)30-29(38)32-23-10-6-5-9-22(23)20-7-3-4-8-20/h5-6,9-14,18,20,24H,3-4,7-8,15-17H2,1-2H3,(H,31,35)(H,36,37)(H2,30,32,38). The number of aliphatic carboxylic acids is 1. The first-order valence-corrected chi connectivity index (χ1v) is 13.4. The molecule has 1 unspecified atom stereocenters. The lowest BCUT2D eigenvalue weighted by Crippen LogP contribution is -2.31. The zero-order valence-corrected chi connectivity index (χ0v) is 22.3. The minimum absolute atomic E-state index is 0.00495. The summed E-state index contributed by atoms with van der Waals surface area (Å²) in [7, 11) is 0. The zero-order chi connectivity index (χ0) is 27.8. The Morgan fingerprint density at radius 3 is 2.41 bits per heavy atom. The van der Waals surface area contributed by atoms with Crippen LogP contribution in [0.25, 0.3) is 0 Å². The van der Waals surface area contributed by atoms with Crippen LogP contribution in [0.5, 0.6) is 0 Å². The van der Waals surface area contributed by atoms with E-state index in [2.05, 4.69) is 32.2 Å². The molecule has 10 heteroatoms. The molecular formula is C29H35N5O5. The van der Waals surface area contributed by atoms with Crippen molar-refractivity contribution in [3.8, 4) is 0 Å². The Balaban J connectivity index is 1.32. The summed E-state index contributed by atoms with van der Waals surface area (Å²) in [6.45, 7) is 4.01. The SMILES string of the molecule is CC(C)CC(NC(=O)Cc1ccc(NC(=O)Nc2ccccc2C2CCCC2)cc1)c1noc(CC(=O)O)n1. The number of anilines is 2. The first-order valence-electron chi connectivity index (χ1n) is 13.4. The highest BCUT2D eigenvalue weighted by Crippen LogP contribution is 2.37. The van der Waals surface area contributed by atoms with Gasteiger partial charge < -0.3 is 25.6 Å². The van der Waals surface area contributed by atoms with Crippen molar-refractivity contribution in [1.82, 2.24) is 15.5 Å². The molecule has 1 heterocycles. The number of carbonyl (C=O) groups is 3. The van der Waals surface area contributed by atoms with Gasteiger partial charge in [-0.25, -0.2) is 4.79 Å². The Kier molecular flexibility index (Phi) is 9.30. The lowest BCUT2D eigenvalue weighted by Gasteiger charge is -2.17. The van der Waals surface area contributed by atoms with Gasteiger partial charge in [-0.15, -0.1) is 0 Å². The number of rotatable bonds is 11. The van der Waals surface area contributed by atoms with E-state index < -0.39 is 12.0 Å². The van der Waals surface area contributed by atoms with Crippen LogP contribution in [0, 0.1) is 5.92 Å². The third-order valence-corrected chi connectivity index (χ3v) is 6.72. The van der Waals surface area contributed by atoms with Gasteiger partial charge in [0.2, 0.25) is 11.8 Å². The summed E-state index contributed by atoms with van der Waals surface area (Å²) in [5.41, 5.74) is 3.41. The molecule has 1 aliphatic carbocycles. The minimum atomic E-state index is -1.07. The molecular weight excluding hydrogens is 498 g/mol. The molecule has 0 radical (unpaired) electrons. The van der Waals surface area contributed by atoms with Crippen LogP contribution in [0.1, 0.15) is 80.8 Å². The van der Waals surface area contributed by atoms with Crippen LogP contribution in [0.3, 0.4) is 0 Å². The van der Waals surface area contributed by atoms with Crippen molar-refractivity contribution < 1.29 is 24.0 Å². The summed E-state index contributed by atoms with van der Waals surface area (Å²) in [6, 6.07) is 14.2. The average molecular weight is 534 g/mol. The molecule has 39 heavy (non-hydrogen) atoms. The maximum atomic E-state index is 12.8. The minimum Gasteiger partial charge on any atom is -0.481 e. The number of para-hydroxylation sites is 1. The number of amides is 3. The van der Waals surface area contributed by atoms with Gasteiger partial charge in [0, 0.05) is 11.4 Å². The molecule has 1 atom stereocenters. The third kappa shape index (κ3) is 8.13. The molecule has 10 nitrogen and oxygen atoms in total. The molecule has 4 rings (SSSR count). The van der Waals surface area contributed by atoms with Crippen molar-refractivity contribution in [2.24, 2.45) is 5.92 Å². The van der Waals surface area contributed by atoms with Crippen LogP contribution in [-0.4, -0.2) is 33.2 Å². The van der Waals surface area contributed by atoms with Gasteiger partial charge in [0.05, 0.1) is 12.5 Å². The van der Waals surface area contributed by atoms with Crippen molar-refractivity contribution in [3.63, 3.8) is 0 Å². The third-order valence-electron chi connectivity index (χ3n) is 6.72. The van der Waals surface area contributed by atoms with Gasteiger partial charge in [-0.05, 0) is 60.4 Å². The number of urea groups is 1. The van der Waals surface area contributed by atoms with Crippen LogP contribution >= 0.6 is 0 Å². The van der Waals surface area contributed by atoms with Gasteiger partial charge >= 0.3 is 12.0 Å². The van der Waals surface area contributed by atoms with Crippen molar-refractivity contribution in [2.45, 2.75) is 70.8 Å². The van der Waals surface area contributed by atoms with E-state index in [0.29, 0.717) is 18.0 Å². The van der Waals surface area contributed by atoms with E-state index in [0.717, 1.165) is 24.1 Å². The maximum Gasteiger partial charge on any atom is 0.323 e. The van der Waals surface area contributed by atoms with Crippen molar-refractivity contribution in [2.75, 3.05) is 10.6 Å². The molecule has 3 amide bonds. The molecule has 1 saturated carbocycles. The second kappa shape index (κ2) is 13.0. The van der Waals surface area contributed by atoms with Gasteiger partial charge in [-0.2, -0.15) is 4.98 Å². The molecule has 0 bridgehead atoms. The number of carboxylic acid groups (broad SMARTS) is 1. The molecule has 1 fully saturated rings. The Labute approximate surface area is 227 Å². The van der Waals surface area contributed by atoms with Crippen molar-refractivity contribution in [3.05, 3.63) is 71.4 Å². The largest absolute Gasteiger partial charge is 0.481 e. The summed E-state index contributed by atoms with van der Waals surface area (Å²) in [6.07, 6.45) is 5.05.